The van der Waals surface area contributed by atoms with Crippen LogP contribution in [0.5, 0.6) is 0 Å². The Balaban J connectivity index is 1.62. The second-order valence-electron chi connectivity index (χ2n) is 6.71. The lowest BCUT2D eigenvalue weighted by Gasteiger charge is -2.07. The zero-order valence-corrected chi connectivity index (χ0v) is 17.0. The molecule has 5 rings (SSSR count). The number of pyridine rings is 2. The Labute approximate surface area is 177 Å². The second kappa shape index (κ2) is 7.50. The molecule has 0 aliphatic rings. The standard InChI is InChI=1S/C26H15BrN2/c27-24-13-15-25(23-11-5-8-18-6-1-4-10-22(18)23)29-26(24)14-12-20-17-28-16-19-7-2-3-9-21(19)20/h1-11,13,15-17H. The van der Waals surface area contributed by atoms with Crippen molar-refractivity contribution in [2.24, 2.45) is 0 Å². The van der Waals surface area contributed by atoms with Gasteiger partial charge in [-0.25, -0.2) is 4.98 Å². The van der Waals surface area contributed by atoms with Crippen LogP contribution in [0.4, 0.5) is 0 Å². The molecule has 136 valence electrons. The van der Waals surface area contributed by atoms with Gasteiger partial charge in [-0.1, -0.05) is 72.7 Å². The minimum absolute atomic E-state index is 0.711. The van der Waals surface area contributed by atoms with E-state index in [0.29, 0.717) is 5.69 Å². The van der Waals surface area contributed by atoms with Crippen molar-refractivity contribution in [1.29, 1.82) is 0 Å². The van der Waals surface area contributed by atoms with E-state index in [1.807, 2.05) is 36.5 Å². The summed E-state index contributed by atoms with van der Waals surface area (Å²) in [6.45, 7) is 0. The minimum Gasteiger partial charge on any atom is -0.263 e. The molecule has 0 saturated heterocycles. The van der Waals surface area contributed by atoms with Crippen LogP contribution in [0.25, 0.3) is 32.8 Å². The third-order valence-corrected chi connectivity index (χ3v) is 5.54. The molecule has 29 heavy (non-hydrogen) atoms. The number of halogens is 1. The first-order valence-electron chi connectivity index (χ1n) is 9.29. The topological polar surface area (TPSA) is 25.8 Å². The highest BCUT2D eigenvalue weighted by molar-refractivity contribution is 9.10. The van der Waals surface area contributed by atoms with E-state index in [-0.39, 0.29) is 0 Å². The smallest absolute Gasteiger partial charge is 0.128 e. The summed E-state index contributed by atoms with van der Waals surface area (Å²) < 4.78 is 0.877. The molecule has 0 N–H and O–H groups in total. The summed E-state index contributed by atoms with van der Waals surface area (Å²) in [6, 6.07) is 26.8. The maximum Gasteiger partial charge on any atom is 0.128 e. The van der Waals surface area contributed by atoms with E-state index in [9.17, 15) is 0 Å². The maximum absolute atomic E-state index is 4.85. The van der Waals surface area contributed by atoms with E-state index in [0.717, 1.165) is 32.1 Å². The molecular weight excluding hydrogens is 420 g/mol. The Bertz CT molecular complexity index is 1420. The van der Waals surface area contributed by atoms with Crippen LogP contribution in [0.2, 0.25) is 0 Å². The highest BCUT2D eigenvalue weighted by Crippen LogP contribution is 2.29. The molecule has 2 aromatic heterocycles. The molecule has 0 bridgehead atoms. The molecule has 0 unspecified atom stereocenters. The number of hydrogen-bond acceptors (Lipinski definition) is 2. The van der Waals surface area contributed by atoms with Crippen molar-refractivity contribution in [3.8, 4) is 23.1 Å². The van der Waals surface area contributed by atoms with Crippen molar-refractivity contribution in [2.75, 3.05) is 0 Å². The van der Waals surface area contributed by atoms with Crippen LogP contribution in [-0.4, -0.2) is 9.97 Å². The van der Waals surface area contributed by atoms with Crippen LogP contribution in [0, 0.1) is 11.8 Å². The molecule has 0 fully saturated rings. The van der Waals surface area contributed by atoms with Crippen LogP contribution < -0.4 is 0 Å². The van der Waals surface area contributed by atoms with Gasteiger partial charge in [0.25, 0.3) is 0 Å². The Morgan fingerprint density at radius 3 is 2.31 bits per heavy atom. The lowest BCUT2D eigenvalue weighted by molar-refractivity contribution is 1.27. The Hall–Kier alpha value is -3.48. The summed E-state index contributed by atoms with van der Waals surface area (Å²) in [4.78, 5) is 9.16. The van der Waals surface area contributed by atoms with E-state index in [2.05, 4.69) is 81.3 Å². The largest absolute Gasteiger partial charge is 0.263 e. The first-order valence-corrected chi connectivity index (χ1v) is 10.1. The van der Waals surface area contributed by atoms with Crippen molar-refractivity contribution in [1.82, 2.24) is 9.97 Å². The second-order valence-corrected chi connectivity index (χ2v) is 7.57. The van der Waals surface area contributed by atoms with Gasteiger partial charge in [-0.05, 0) is 44.8 Å². The quantitative estimate of drug-likeness (QED) is 0.277. The van der Waals surface area contributed by atoms with Crippen LogP contribution >= 0.6 is 15.9 Å². The van der Waals surface area contributed by atoms with Crippen molar-refractivity contribution in [3.63, 3.8) is 0 Å². The first-order chi connectivity index (χ1) is 14.3. The van der Waals surface area contributed by atoms with Gasteiger partial charge in [-0.2, -0.15) is 0 Å². The SMILES string of the molecule is Brc1ccc(-c2cccc3ccccc23)nc1C#Cc1cncc2ccccc12. The average molecular weight is 435 g/mol. The molecule has 0 radical (unpaired) electrons. The lowest BCUT2D eigenvalue weighted by atomic mass is 10.0. The predicted molar refractivity (Wildman–Crippen MR) is 123 cm³/mol. The summed E-state index contributed by atoms with van der Waals surface area (Å²) >= 11 is 3.60. The molecule has 3 aromatic carbocycles. The first kappa shape index (κ1) is 17.6. The fraction of sp³-hybridized carbons (Fsp3) is 0. The van der Waals surface area contributed by atoms with Gasteiger partial charge in [0.2, 0.25) is 0 Å². The van der Waals surface area contributed by atoms with Crippen LogP contribution in [-0.2, 0) is 0 Å². The van der Waals surface area contributed by atoms with Gasteiger partial charge in [0.1, 0.15) is 5.69 Å². The molecule has 3 heteroatoms. The maximum atomic E-state index is 4.85. The molecular formula is C26H15BrN2. The summed E-state index contributed by atoms with van der Waals surface area (Å²) in [5.41, 5.74) is 3.62. The van der Waals surface area contributed by atoms with Crippen LogP contribution in [0.3, 0.4) is 0 Å². The van der Waals surface area contributed by atoms with Crippen molar-refractivity contribution >= 4 is 37.5 Å². The average Bonchev–Trinajstić information content (AvgIpc) is 2.78. The fourth-order valence-corrected chi connectivity index (χ4v) is 3.79. The molecule has 5 aromatic rings. The summed E-state index contributed by atoms with van der Waals surface area (Å²) in [5, 5.41) is 4.55. The third kappa shape index (κ3) is 3.40. The Morgan fingerprint density at radius 1 is 0.655 bits per heavy atom. The zero-order chi connectivity index (χ0) is 19.6. The monoisotopic (exact) mass is 434 g/mol. The molecule has 2 nitrogen and oxygen atoms in total. The molecule has 0 aliphatic heterocycles. The van der Waals surface area contributed by atoms with Crippen LogP contribution in [0.1, 0.15) is 11.3 Å². The van der Waals surface area contributed by atoms with E-state index < -0.39 is 0 Å². The Morgan fingerprint density at radius 2 is 1.41 bits per heavy atom. The highest BCUT2D eigenvalue weighted by Gasteiger charge is 2.07. The van der Waals surface area contributed by atoms with E-state index >= 15 is 0 Å². The van der Waals surface area contributed by atoms with Gasteiger partial charge >= 0.3 is 0 Å². The molecule has 2 heterocycles. The van der Waals surface area contributed by atoms with Gasteiger partial charge in [0.15, 0.2) is 0 Å². The number of hydrogen-bond donors (Lipinski definition) is 0. The Kier molecular flexibility index (Phi) is 4.56. The van der Waals surface area contributed by atoms with Crippen LogP contribution in [0.15, 0.2) is 95.7 Å². The van der Waals surface area contributed by atoms with Crippen molar-refractivity contribution in [2.45, 2.75) is 0 Å². The summed E-state index contributed by atoms with van der Waals surface area (Å²) in [7, 11) is 0. The van der Waals surface area contributed by atoms with Gasteiger partial charge in [-0.15, -0.1) is 0 Å². The third-order valence-electron chi connectivity index (χ3n) is 4.90. The summed E-state index contributed by atoms with van der Waals surface area (Å²) in [6.07, 6.45) is 3.66. The van der Waals surface area contributed by atoms with Gasteiger partial charge in [0, 0.05) is 28.7 Å². The van der Waals surface area contributed by atoms with Crippen molar-refractivity contribution in [3.05, 3.63) is 107 Å². The molecule has 0 atom stereocenters. The molecule has 0 saturated carbocycles. The lowest BCUT2D eigenvalue weighted by Crippen LogP contribution is -1.91. The zero-order valence-electron chi connectivity index (χ0n) is 15.4. The van der Waals surface area contributed by atoms with Gasteiger partial charge in [-0.3, -0.25) is 4.98 Å². The number of rotatable bonds is 1. The molecule has 0 amide bonds. The normalized spacial score (nSPS) is 10.7. The fourth-order valence-electron chi connectivity index (χ4n) is 3.47. The minimum atomic E-state index is 0.711. The van der Waals surface area contributed by atoms with Gasteiger partial charge < -0.3 is 0 Å². The molecule has 0 aliphatic carbocycles. The van der Waals surface area contributed by atoms with E-state index in [1.165, 1.54) is 10.8 Å². The molecule has 0 spiro atoms. The number of fused-ring (bicyclic) bond motifs is 2. The number of aromatic nitrogens is 2. The number of nitrogens with zero attached hydrogens (tertiary/aromatic N) is 2. The van der Waals surface area contributed by atoms with Gasteiger partial charge in [0.05, 0.1) is 15.7 Å². The van der Waals surface area contributed by atoms with Crippen molar-refractivity contribution < 1.29 is 0 Å². The number of benzene rings is 3. The summed E-state index contributed by atoms with van der Waals surface area (Å²) in [5.74, 6) is 6.49. The van der Waals surface area contributed by atoms with E-state index in [1.54, 1.807) is 6.20 Å². The predicted octanol–water partition coefficient (Wildman–Crippen LogP) is 6.61. The highest BCUT2D eigenvalue weighted by atomic mass is 79.9. The van der Waals surface area contributed by atoms with E-state index in [4.69, 9.17) is 4.98 Å².